The molecule has 0 N–H and O–H groups in total. The molecule has 3 aromatic rings. The Kier molecular flexibility index (Phi) is 7.10. The fourth-order valence-electron chi connectivity index (χ4n) is 5.17. The van der Waals surface area contributed by atoms with E-state index in [4.69, 9.17) is 4.74 Å². The second-order valence-electron chi connectivity index (χ2n) is 9.82. The molecule has 1 nitrogen and oxygen atoms in total. The van der Waals surface area contributed by atoms with Gasteiger partial charge >= 0.3 is 0 Å². The van der Waals surface area contributed by atoms with Gasteiger partial charge in [0, 0.05) is 11.1 Å². The highest BCUT2D eigenvalue weighted by molar-refractivity contribution is 5.67. The van der Waals surface area contributed by atoms with Crippen molar-refractivity contribution < 1.29 is 17.9 Å². The maximum Gasteiger partial charge on any atom is 0.166 e. The molecule has 4 heteroatoms. The van der Waals surface area contributed by atoms with Crippen LogP contribution in [-0.2, 0) is 17.6 Å². The second kappa shape index (κ2) is 10.4. The van der Waals surface area contributed by atoms with Crippen molar-refractivity contribution in [1.29, 1.82) is 0 Å². The van der Waals surface area contributed by atoms with Gasteiger partial charge in [0.05, 0.1) is 6.61 Å². The molecule has 182 valence electrons. The predicted octanol–water partition coefficient (Wildman–Crippen LogP) is 8.61. The van der Waals surface area contributed by atoms with Crippen molar-refractivity contribution >= 4 is 5.57 Å². The number of hydrogen-bond acceptors (Lipinski definition) is 1. The molecular weight excluding hydrogens is 445 g/mol. The van der Waals surface area contributed by atoms with E-state index < -0.39 is 11.6 Å². The fraction of sp³-hybridized carbons (Fsp3) is 0.355. The number of rotatable bonds is 8. The minimum atomic E-state index is -0.738. The summed E-state index contributed by atoms with van der Waals surface area (Å²) >= 11 is 0. The molecule has 1 aliphatic heterocycles. The van der Waals surface area contributed by atoms with E-state index in [9.17, 15) is 13.2 Å². The van der Waals surface area contributed by atoms with Crippen molar-refractivity contribution in [3.8, 4) is 11.1 Å². The molecule has 1 heterocycles. The lowest BCUT2D eigenvalue weighted by atomic mass is 9.84. The summed E-state index contributed by atoms with van der Waals surface area (Å²) < 4.78 is 49.6. The first-order valence-electron chi connectivity index (χ1n) is 12.7. The molecule has 1 fully saturated rings. The highest BCUT2D eigenvalue weighted by Gasteiger charge is 2.25. The maximum absolute atomic E-state index is 14.9. The van der Waals surface area contributed by atoms with Crippen LogP contribution in [0.25, 0.3) is 16.7 Å². The number of allylic oxidation sites excluding steroid dienone is 2. The van der Waals surface area contributed by atoms with Crippen LogP contribution < -0.4 is 0 Å². The monoisotopic (exact) mass is 476 g/mol. The Balaban J connectivity index is 1.24. The summed E-state index contributed by atoms with van der Waals surface area (Å²) in [6, 6.07) is 16.3. The van der Waals surface area contributed by atoms with Gasteiger partial charge in [0.2, 0.25) is 0 Å². The predicted molar refractivity (Wildman–Crippen MR) is 135 cm³/mol. The molecule has 5 rings (SSSR count). The van der Waals surface area contributed by atoms with Gasteiger partial charge in [-0.05, 0) is 71.9 Å². The minimum absolute atomic E-state index is 0.0257. The molecule has 0 radical (unpaired) electrons. The van der Waals surface area contributed by atoms with Crippen LogP contribution in [0.5, 0.6) is 0 Å². The molecule has 0 saturated carbocycles. The van der Waals surface area contributed by atoms with Gasteiger partial charge in [-0.2, -0.15) is 0 Å². The van der Waals surface area contributed by atoms with Gasteiger partial charge in [0.25, 0.3) is 0 Å². The lowest BCUT2D eigenvalue weighted by molar-refractivity contribution is 0.415. The zero-order valence-corrected chi connectivity index (χ0v) is 20.1. The lowest BCUT2D eigenvalue weighted by Crippen LogP contribution is -2.07. The van der Waals surface area contributed by atoms with Crippen LogP contribution in [0.15, 0.2) is 60.7 Å². The van der Waals surface area contributed by atoms with Crippen molar-refractivity contribution in [1.82, 2.24) is 0 Å². The third-order valence-corrected chi connectivity index (χ3v) is 7.37. The van der Waals surface area contributed by atoms with Gasteiger partial charge in [0.15, 0.2) is 11.6 Å². The molecule has 2 aliphatic rings. The summed E-state index contributed by atoms with van der Waals surface area (Å²) in [5, 5.41) is 0. The van der Waals surface area contributed by atoms with Crippen LogP contribution in [-0.4, -0.2) is 6.61 Å². The number of hydrogen-bond donors (Lipinski definition) is 0. The van der Waals surface area contributed by atoms with Crippen LogP contribution in [0, 0.1) is 23.4 Å². The van der Waals surface area contributed by atoms with E-state index in [1.54, 1.807) is 18.2 Å². The van der Waals surface area contributed by atoms with Crippen LogP contribution >= 0.6 is 0 Å². The first kappa shape index (κ1) is 23.9. The third kappa shape index (κ3) is 5.38. The summed E-state index contributed by atoms with van der Waals surface area (Å²) in [7, 11) is 0. The summed E-state index contributed by atoms with van der Waals surface area (Å²) in [6.07, 6.45) is 8.27. The van der Waals surface area contributed by atoms with Crippen LogP contribution in [0.1, 0.15) is 67.4 Å². The van der Waals surface area contributed by atoms with E-state index in [2.05, 4.69) is 13.0 Å². The molecule has 3 aromatic carbocycles. The summed E-state index contributed by atoms with van der Waals surface area (Å²) in [4.78, 5) is 0. The molecule has 2 unspecified atom stereocenters. The Hall–Kier alpha value is -2.85. The zero-order valence-electron chi connectivity index (χ0n) is 20.1. The Bertz CT molecular complexity index is 1220. The van der Waals surface area contributed by atoms with E-state index >= 15 is 0 Å². The van der Waals surface area contributed by atoms with E-state index in [0.29, 0.717) is 42.1 Å². The molecule has 0 aromatic heterocycles. The number of ether oxygens (including phenoxy) is 1. The average Bonchev–Trinajstić information content (AvgIpc) is 3.72. The van der Waals surface area contributed by atoms with Crippen LogP contribution in [0.4, 0.5) is 13.2 Å². The number of halogens is 3. The molecule has 1 aliphatic carbocycles. The first-order chi connectivity index (χ1) is 17.0. The van der Waals surface area contributed by atoms with E-state index in [1.165, 1.54) is 12.5 Å². The minimum Gasteiger partial charge on any atom is -0.368 e. The van der Waals surface area contributed by atoms with Gasteiger partial charge in [-0.1, -0.05) is 74.4 Å². The molecule has 0 spiro atoms. The molecule has 0 bridgehead atoms. The van der Waals surface area contributed by atoms with E-state index in [1.807, 2.05) is 30.3 Å². The van der Waals surface area contributed by atoms with Gasteiger partial charge in [-0.15, -0.1) is 0 Å². The Morgan fingerprint density at radius 1 is 0.886 bits per heavy atom. The Morgan fingerprint density at radius 3 is 2.31 bits per heavy atom. The van der Waals surface area contributed by atoms with Gasteiger partial charge < -0.3 is 4.74 Å². The highest BCUT2D eigenvalue weighted by atomic mass is 19.2. The fourth-order valence-corrected chi connectivity index (χ4v) is 5.17. The topological polar surface area (TPSA) is 12.5 Å². The van der Waals surface area contributed by atoms with Crippen LogP contribution in [0.2, 0.25) is 0 Å². The van der Waals surface area contributed by atoms with Crippen molar-refractivity contribution in [2.75, 3.05) is 6.61 Å². The molecule has 2 atom stereocenters. The average molecular weight is 477 g/mol. The summed E-state index contributed by atoms with van der Waals surface area (Å²) in [5.74, 6) is -1.07. The molecule has 35 heavy (non-hydrogen) atoms. The summed E-state index contributed by atoms with van der Waals surface area (Å²) in [6.45, 7) is 2.84. The molecular formula is C31H31F3O. The normalized spacial score (nSPS) is 19.5. The second-order valence-corrected chi connectivity index (χ2v) is 9.82. The number of aryl methyl sites for hydroxylation is 2. The van der Waals surface area contributed by atoms with Crippen molar-refractivity contribution in [2.24, 2.45) is 5.92 Å². The largest absolute Gasteiger partial charge is 0.368 e. The van der Waals surface area contributed by atoms with Crippen LogP contribution in [0.3, 0.4) is 0 Å². The van der Waals surface area contributed by atoms with Crippen molar-refractivity contribution in [3.63, 3.8) is 0 Å². The Labute approximate surface area is 205 Å². The smallest absolute Gasteiger partial charge is 0.166 e. The first-order valence-corrected chi connectivity index (χ1v) is 12.7. The highest BCUT2D eigenvalue weighted by Crippen LogP contribution is 2.35. The number of benzene rings is 3. The van der Waals surface area contributed by atoms with Gasteiger partial charge in [-0.3, -0.25) is 0 Å². The van der Waals surface area contributed by atoms with E-state index in [0.717, 1.165) is 47.9 Å². The Morgan fingerprint density at radius 2 is 1.66 bits per heavy atom. The van der Waals surface area contributed by atoms with Gasteiger partial charge in [0.1, 0.15) is 11.9 Å². The maximum atomic E-state index is 14.9. The van der Waals surface area contributed by atoms with Crippen molar-refractivity contribution in [3.05, 3.63) is 100 Å². The quantitative estimate of drug-likeness (QED) is 0.297. The van der Waals surface area contributed by atoms with Crippen molar-refractivity contribution in [2.45, 2.75) is 58.0 Å². The third-order valence-electron chi connectivity index (χ3n) is 7.37. The molecule has 0 amide bonds. The number of epoxide rings is 1. The SMILES string of the molecule is CCCC1CC=C(c2ccc(CCc3ccc(-c4ccc(C5CO5)cc4F)cc3)c(F)c2F)CC1. The molecule has 1 saturated heterocycles. The van der Waals surface area contributed by atoms with E-state index in [-0.39, 0.29) is 11.9 Å². The lowest BCUT2D eigenvalue weighted by Gasteiger charge is -2.22. The van der Waals surface area contributed by atoms with Gasteiger partial charge in [-0.25, -0.2) is 13.2 Å². The summed E-state index contributed by atoms with van der Waals surface area (Å²) in [5.41, 5.74) is 4.93. The zero-order chi connectivity index (χ0) is 24.4. The standard InChI is InChI=1S/C31H31F3O/c1-2-3-20-4-11-23(12-5-20)27-17-14-24(30(33)31(27)34)13-8-21-6-9-22(10-7-21)26-16-15-25(18-28(26)32)29-19-35-29/h6-7,9-11,14-18,20,29H,2-5,8,12-13,19H2,1H3.